The van der Waals surface area contributed by atoms with Crippen LogP contribution in [0.15, 0.2) is 9.85 Å². The summed E-state index contributed by atoms with van der Waals surface area (Å²) in [7, 11) is 1.58. The maximum absolute atomic E-state index is 8.50. The highest BCUT2D eigenvalue weighted by molar-refractivity contribution is 9.10. The molecule has 0 radical (unpaired) electrons. The smallest absolute Gasteiger partial charge is 0.189 e. The van der Waals surface area contributed by atoms with Crippen LogP contribution in [0.4, 0.5) is 0 Å². The van der Waals surface area contributed by atoms with Gasteiger partial charge in [-0.05, 0) is 15.9 Å². The van der Waals surface area contributed by atoms with Gasteiger partial charge in [0.15, 0.2) is 5.06 Å². The maximum Gasteiger partial charge on any atom is 0.189 e. The largest absolute Gasteiger partial charge is 0.486 e. The highest BCUT2D eigenvalue weighted by atomic mass is 79.9. The van der Waals surface area contributed by atoms with E-state index in [1.807, 2.05) is 6.07 Å². The second-order valence-electron chi connectivity index (χ2n) is 1.57. The van der Waals surface area contributed by atoms with Gasteiger partial charge in [0.05, 0.1) is 17.1 Å². The minimum Gasteiger partial charge on any atom is -0.486 e. The van der Waals surface area contributed by atoms with Crippen LogP contribution in [0.2, 0.25) is 0 Å². The van der Waals surface area contributed by atoms with E-state index in [0.717, 1.165) is 9.54 Å². The van der Waals surface area contributed by atoms with Crippen LogP contribution in [0, 0.1) is 11.3 Å². The normalized spacial score (nSPS) is 8.90. The number of hydrogen-bond acceptors (Lipinski definition) is 3. The van der Waals surface area contributed by atoms with Gasteiger partial charge < -0.3 is 4.74 Å². The molecule has 1 aromatic rings. The Morgan fingerprint density at radius 3 is 2.80 bits per heavy atom. The van der Waals surface area contributed by atoms with Crippen molar-refractivity contribution in [3.63, 3.8) is 0 Å². The van der Waals surface area contributed by atoms with E-state index in [1.165, 1.54) is 11.3 Å². The van der Waals surface area contributed by atoms with E-state index in [-0.39, 0.29) is 0 Å². The van der Waals surface area contributed by atoms with E-state index in [1.54, 1.807) is 12.5 Å². The molecular formula is C6H4BrNOS. The zero-order chi connectivity index (χ0) is 7.56. The Kier molecular flexibility index (Phi) is 2.30. The van der Waals surface area contributed by atoms with Gasteiger partial charge in [-0.3, -0.25) is 0 Å². The topological polar surface area (TPSA) is 33.0 Å². The van der Waals surface area contributed by atoms with E-state index >= 15 is 0 Å². The van der Waals surface area contributed by atoms with E-state index in [4.69, 9.17) is 10.00 Å². The van der Waals surface area contributed by atoms with E-state index in [2.05, 4.69) is 15.9 Å². The molecule has 4 heteroatoms. The summed E-state index contributed by atoms with van der Waals surface area (Å²) >= 11 is 4.64. The van der Waals surface area contributed by atoms with Gasteiger partial charge in [-0.2, -0.15) is 5.26 Å². The molecule has 10 heavy (non-hydrogen) atoms. The average Bonchev–Trinajstić information content (AvgIpc) is 2.30. The molecule has 0 saturated heterocycles. The quantitative estimate of drug-likeness (QED) is 0.724. The lowest BCUT2D eigenvalue weighted by molar-refractivity contribution is 0.424. The Morgan fingerprint density at radius 2 is 2.50 bits per heavy atom. The third-order valence-corrected chi connectivity index (χ3v) is 2.99. The zero-order valence-electron chi connectivity index (χ0n) is 5.22. The van der Waals surface area contributed by atoms with Gasteiger partial charge in [-0.15, -0.1) is 11.3 Å². The predicted molar refractivity (Wildman–Crippen MR) is 43.3 cm³/mol. The molecule has 0 aliphatic rings. The van der Waals surface area contributed by atoms with Crippen molar-refractivity contribution < 1.29 is 4.74 Å². The molecular weight excluding hydrogens is 214 g/mol. The zero-order valence-corrected chi connectivity index (χ0v) is 7.62. The molecule has 0 unspecified atom stereocenters. The van der Waals surface area contributed by atoms with E-state index in [0.29, 0.717) is 5.56 Å². The number of rotatable bonds is 1. The van der Waals surface area contributed by atoms with Gasteiger partial charge >= 0.3 is 0 Å². The number of thiophene rings is 1. The molecule has 2 nitrogen and oxygen atoms in total. The number of nitrogens with zero attached hydrogens (tertiary/aromatic N) is 1. The first-order valence-corrected chi connectivity index (χ1v) is 4.18. The van der Waals surface area contributed by atoms with Crippen LogP contribution >= 0.6 is 27.3 Å². The lowest BCUT2D eigenvalue weighted by Gasteiger charge is -1.92. The van der Waals surface area contributed by atoms with Crippen molar-refractivity contribution in [2.75, 3.05) is 7.11 Å². The van der Waals surface area contributed by atoms with Gasteiger partial charge in [-0.1, -0.05) is 0 Å². The number of hydrogen-bond donors (Lipinski definition) is 0. The van der Waals surface area contributed by atoms with Crippen molar-refractivity contribution in [2.24, 2.45) is 0 Å². The third kappa shape index (κ3) is 1.15. The van der Waals surface area contributed by atoms with Crippen molar-refractivity contribution in [1.29, 1.82) is 5.26 Å². The summed E-state index contributed by atoms with van der Waals surface area (Å²) in [5.74, 6) is 0. The first kappa shape index (κ1) is 7.58. The van der Waals surface area contributed by atoms with Crippen LogP contribution in [0.5, 0.6) is 5.06 Å². The van der Waals surface area contributed by atoms with E-state index in [9.17, 15) is 0 Å². The first-order valence-electron chi connectivity index (χ1n) is 2.50. The van der Waals surface area contributed by atoms with Crippen molar-refractivity contribution >= 4 is 27.3 Å². The van der Waals surface area contributed by atoms with Gasteiger partial charge in [0.25, 0.3) is 0 Å². The van der Waals surface area contributed by atoms with Gasteiger partial charge in [0.1, 0.15) is 6.07 Å². The predicted octanol–water partition coefficient (Wildman–Crippen LogP) is 2.39. The van der Waals surface area contributed by atoms with Crippen LogP contribution < -0.4 is 4.74 Å². The average molecular weight is 218 g/mol. The van der Waals surface area contributed by atoms with Gasteiger partial charge in [-0.25, -0.2) is 0 Å². The molecule has 1 rings (SSSR count). The van der Waals surface area contributed by atoms with Crippen LogP contribution in [0.3, 0.4) is 0 Å². The Hall–Kier alpha value is -0.530. The molecule has 0 N–H and O–H groups in total. The third-order valence-electron chi connectivity index (χ3n) is 1.01. The van der Waals surface area contributed by atoms with Crippen molar-refractivity contribution in [3.05, 3.63) is 15.4 Å². The standard InChI is InChI=1S/C6H4BrNOS/c1-9-6-5(7)4(2-8)3-10-6/h3H,1H3. The summed E-state index contributed by atoms with van der Waals surface area (Å²) in [5.41, 5.74) is 0.627. The molecule has 0 fully saturated rings. The Balaban J connectivity index is 3.12. The van der Waals surface area contributed by atoms with Gasteiger partial charge in [0, 0.05) is 5.38 Å². The van der Waals surface area contributed by atoms with E-state index < -0.39 is 0 Å². The lowest BCUT2D eigenvalue weighted by Crippen LogP contribution is -1.77. The Morgan fingerprint density at radius 1 is 1.80 bits per heavy atom. The number of halogens is 1. The fraction of sp³-hybridized carbons (Fsp3) is 0.167. The highest BCUT2D eigenvalue weighted by Gasteiger charge is 2.07. The first-order chi connectivity index (χ1) is 4.79. The lowest BCUT2D eigenvalue weighted by atomic mass is 10.4. The van der Waals surface area contributed by atoms with Crippen LogP contribution in [-0.2, 0) is 0 Å². The molecule has 0 aromatic carbocycles. The summed E-state index contributed by atoms with van der Waals surface area (Å²) in [6, 6.07) is 2.03. The summed E-state index contributed by atoms with van der Waals surface area (Å²) in [6.45, 7) is 0. The molecule has 0 saturated carbocycles. The van der Waals surface area contributed by atoms with Crippen molar-refractivity contribution in [2.45, 2.75) is 0 Å². The molecule has 1 aromatic heterocycles. The summed E-state index contributed by atoms with van der Waals surface area (Å²) in [4.78, 5) is 0. The molecule has 52 valence electrons. The number of ether oxygens (including phenoxy) is 1. The van der Waals surface area contributed by atoms with Crippen molar-refractivity contribution in [3.8, 4) is 11.1 Å². The number of methoxy groups -OCH3 is 1. The Bertz CT molecular complexity index is 276. The van der Waals surface area contributed by atoms with Crippen molar-refractivity contribution in [1.82, 2.24) is 0 Å². The molecule has 0 spiro atoms. The maximum atomic E-state index is 8.50. The SMILES string of the molecule is COc1scc(C#N)c1Br. The molecule has 0 aliphatic carbocycles. The minimum absolute atomic E-state index is 0.627. The molecule has 0 bridgehead atoms. The van der Waals surface area contributed by atoms with Crippen LogP contribution in [0.1, 0.15) is 5.56 Å². The fourth-order valence-electron chi connectivity index (χ4n) is 0.539. The molecule has 0 aliphatic heterocycles. The molecule has 0 atom stereocenters. The summed E-state index contributed by atoms with van der Waals surface area (Å²) in [5, 5.41) is 11.0. The monoisotopic (exact) mass is 217 g/mol. The summed E-state index contributed by atoms with van der Waals surface area (Å²) < 4.78 is 5.70. The number of nitriles is 1. The second-order valence-corrected chi connectivity index (χ2v) is 3.20. The molecule has 1 heterocycles. The summed E-state index contributed by atoms with van der Waals surface area (Å²) in [6.07, 6.45) is 0. The highest BCUT2D eigenvalue weighted by Crippen LogP contribution is 2.34. The molecule has 0 amide bonds. The van der Waals surface area contributed by atoms with Gasteiger partial charge in [0.2, 0.25) is 0 Å². The van der Waals surface area contributed by atoms with Crippen LogP contribution in [-0.4, -0.2) is 7.11 Å². The second kappa shape index (κ2) is 3.04. The Labute approximate surface area is 71.2 Å². The fourth-order valence-corrected chi connectivity index (χ4v) is 2.04. The minimum atomic E-state index is 0.627. The van der Waals surface area contributed by atoms with Crippen LogP contribution in [0.25, 0.3) is 0 Å².